The molecule has 0 heterocycles. The van der Waals surface area contributed by atoms with Crippen molar-refractivity contribution < 1.29 is 0 Å². The van der Waals surface area contributed by atoms with Gasteiger partial charge in [-0.1, -0.05) is 26.2 Å². The average Bonchev–Trinajstić information content (AvgIpc) is 2.19. The normalized spacial score (nSPS) is 29.1. The second-order valence-corrected chi connectivity index (χ2v) is 4.19. The van der Waals surface area contributed by atoms with Crippen molar-refractivity contribution in [1.29, 1.82) is 0 Å². The molecule has 78 valence electrons. The highest BCUT2D eigenvalue weighted by Gasteiger charge is 2.22. The first-order chi connectivity index (χ1) is 6.38. The van der Waals surface area contributed by atoms with Crippen LogP contribution in [0.3, 0.4) is 0 Å². The summed E-state index contributed by atoms with van der Waals surface area (Å²) in [5.74, 6) is 0.741. The van der Waals surface area contributed by atoms with E-state index in [1.807, 2.05) is 0 Å². The lowest BCUT2D eigenvalue weighted by Gasteiger charge is -2.31. The Balaban J connectivity index is 2.19. The zero-order valence-corrected chi connectivity index (χ0v) is 8.89. The van der Waals surface area contributed by atoms with Crippen molar-refractivity contribution in [3.05, 3.63) is 0 Å². The lowest BCUT2D eigenvalue weighted by atomic mass is 9.84. The third-order valence-corrected chi connectivity index (χ3v) is 3.15. The van der Waals surface area contributed by atoms with Gasteiger partial charge in [-0.15, -0.1) is 0 Å². The van der Waals surface area contributed by atoms with Crippen LogP contribution in [-0.4, -0.2) is 19.1 Å². The maximum absolute atomic E-state index is 5.76. The summed E-state index contributed by atoms with van der Waals surface area (Å²) in [4.78, 5) is 0. The Kier molecular flexibility index (Phi) is 5.40. The van der Waals surface area contributed by atoms with Gasteiger partial charge in [0.2, 0.25) is 0 Å². The Morgan fingerprint density at radius 1 is 1.31 bits per heavy atom. The quantitative estimate of drug-likeness (QED) is 0.640. The molecule has 1 aliphatic rings. The fraction of sp³-hybridized carbons (Fsp3) is 1.00. The molecule has 2 unspecified atom stereocenters. The van der Waals surface area contributed by atoms with Gasteiger partial charge < -0.3 is 11.1 Å². The van der Waals surface area contributed by atoms with E-state index in [2.05, 4.69) is 12.2 Å². The predicted octanol–water partition coefficient (Wildman–Crippen LogP) is 1.89. The van der Waals surface area contributed by atoms with Crippen LogP contribution in [-0.2, 0) is 0 Å². The van der Waals surface area contributed by atoms with E-state index >= 15 is 0 Å². The Labute approximate surface area is 82.3 Å². The zero-order chi connectivity index (χ0) is 9.52. The highest BCUT2D eigenvalue weighted by Crippen LogP contribution is 2.23. The molecule has 3 N–H and O–H groups in total. The first-order valence-electron chi connectivity index (χ1n) is 5.82. The highest BCUT2D eigenvalue weighted by atomic mass is 14.9. The van der Waals surface area contributed by atoms with Crippen LogP contribution in [0.5, 0.6) is 0 Å². The Morgan fingerprint density at radius 2 is 2.08 bits per heavy atom. The van der Waals surface area contributed by atoms with Crippen LogP contribution in [0.25, 0.3) is 0 Å². The van der Waals surface area contributed by atoms with Crippen LogP contribution in [0.2, 0.25) is 0 Å². The first-order valence-corrected chi connectivity index (χ1v) is 5.82. The number of nitrogens with one attached hydrogen (secondary N) is 1. The third-order valence-electron chi connectivity index (χ3n) is 3.15. The van der Waals surface area contributed by atoms with Crippen LogP contribution >= 0.6 is 0 Å². The minimum atomic E-state index is 0.713. The summed E-state index contributed by atoms with van der Waals surface area (Å²) in [7, 11) is 0. The summed E-state index contributed by atoms with van der Waals surface area (Å²) in [5, 5.41) is 3.64. The molecule has 0 radical (unpaired) electrons. The fourth-order valence-corrected chi connectivity index (χ4v) is 2.22. The first kappa shape index (κ1) is 11.0. The molecule has 1 saturated carbocycles. The molecule has 2 atom stereocenters. The molecule has 0 amide bonds. The Morgan fingerprint density at radius 3 is 2.77 bits per heavy atom. The molecule has 0 bridgehead atoms. The monoisotopic (exact) mass is 184 g/mol. The van der Waals surface area contributed by atoms with Gasteiger partial charge in [-0.25, -0.2) is 0 Å². The minimum absolute atomic E-state index is 0.713. The number of nitrogens with two attached hydrogens (primary N) is 1. The molecule has 2 nitrogen and oxygen atoms in total. The van der Waals surface area contributed by atoms with Gasteiger partial charge in [0.1, 0.15) is 0 Å². The van der Waals surface area contributed by atoms with E-state index in [1.165, 1.54) is 45.1 Å². The van der Waals surface area contributed by atoms with Crippen LogP contribution in [0.1, 0.15) is 45.4 Å². The van der Waals surface area contributed by atoms with Crippen molar-refractivity contribution in [3.63, 3.8) is 0 Å². The van der Waals surface area contributed by atoms with Gasteiger partial charge in [0.15, 0.2) is 0 Å². The summed E-state index contributed by atoms with van der Waals surface area (Å²) in [6, 6.07) is 0.713. The molecular formula is C11H24N2. The second-order valence-electron chi connectivity index (χ2n) is 4.19. The van der Waals surface area contributed by atoms with Crippen molar-refractivity contribution in [1.82, 2.24) is 5.32 Å². The van der Waals surface area contributed by atoms with Crippen molar-refractivity contribution in [2.24, 2.45) is 11.7 Å². The topological polar surface area (TPSA) is 38.0 Å². The zero-order valence-electron chi connectivity index (χ0n) is 8.89. The van der Waals surface area contributed by atoms with Gasteiger partial charge in [-0.2, -0.15) is 0 Å². The molecule has 1 fully saturated rings. The molecular weight excluding hydrogens is 160 g/mol. The van der Waals surface area contributed by atoms with Gasteiger partial charge in [-0.05, 0) is 38.3 Å². The SMILES string of the molecule is CCCCNC1CCCCC1CN. The van der Waals surface area contributed by atoms with E-state index in [0.29, 0.717) is 6.04 Å². The summed E-state index contributed by atoms with van der Waals surface area (Å²) < 4.78 is 0. The van der Waals surface area contributed by atoms with Crippen LogP contribution in [0, 0.1) is 5.92 Å². The lowest BCUT2D eigenvalue weighted by molar-refractivity contribution is 0.268. The number of hydrogen-bond acceptors (Lipinski definition) is 2. The van der Waals surface area contributed by atoms with Gasteiger partial charge in [0, 0.05) is 6.04 Å². The van der Waals surface area contributed by atoms with Crippen LogP contribution in [0.15, 0.2) is 0 Å². The molecule has 0 aromatic heterocycles. The van der Waals surface area contributed by atoms with E-state index in [-0.39, 0.29) is 0 Å². The standard InChI is InChI=1S/C11H24N2/c1-2-3-8-13-11-7-5-4-6-10(11)9-12/h10-11,13H,2-9,12H2,1H3. The smallest absolute Gasteiger partial charge is 0.0107 e. The van der Waals surface area contributed by atoms with Crippen LogP contribution in [0.4, 0.5) is 0 Å². The van der Waals surface area contributed by atoms with Crippen molar-refractivity contribution in [2.45, 2.75) is 51.5 Å². The molecule has 1 rings (SSSR count). The number of rotatable bonds is 5. The maximum Gasteiger partial charge on any atom is 0.0107 e. The van der Waals surface area contributed by atoms with E-state index in [9.17, 15) is 0 Å². The summed E-state index contributed by atoms with van der Waals surface area (Å²) in [6.45, 7) is 4.28. The highest BCUT2D eigenvalue weighted by molar-refractivity contribution is 4.81. The van der Waals surface area contributed by atoms with Gasteiger partial charge >= 0.3 is 0 Å². The molecule has 2 heteroatoms. The van der Waals surface area contributed by atoms with Gasteiger partial charge in [0.25, 0.3) is 0 Å². The minimum Gasteiger partial charge on any atom is -0.330 e. The van der Waals surface area contributed by atoms with E-state index < -0.39 is 0 Å². The number of hydrogen-bond donors (Lipinski definition) is 2. The Bertz CT molecular complexity index is 125. The van der Waals surface area contributed by atoms with E-state index in [4.69, 9.17) is 5.73 Å². The third kappa shape index (κ3) is 3.65. The van der Waals surface area contributed by atoms with E-state index in [0.717, 1.165) is 12.5 Å². The van der Waals surface area contributed by atoms with Crippen molar-refractivity contribution >= 4 is 0 Å². The summed E-state index contributed by atoms with van der Waals surface area (Å²) in [5.41, 5.74) is 5.76. The molecule has 13 heavy (non-hydrogen) atoms. The number of unbranched alkanes of at least 4 members (excludes halogenated alkanes) is 1. The fourth-order valence-electron chi connectivity index (χ4n) is 2.22. The Hall–Kier alpha value is -0.0800. The van der Waals surface area contributed by atoms with Crippen molar-refractivity contribution in [3.8, 4) is 0 Å². The summed E-state index contributed by atoms with van der Waals surface area (Å²) >= 11 is 0. The summed E-state index contributed by atoms with van der Waals surface area (Å²) in [6.07, 6.45) is 8.03. The molecule has 1 aliphatic carbocycles. The van der Waals surface area contributed by atoms with Gasteiger partial charge in [0.05, 0.1) is 0 Å². The molecule has 0 aromatic rings. The maximum atomic E-state index is 5.76. The molecule has 0 saturated heterocycles. The van der Waals surface area contributed by atoms with Crippen molar-refractivity contribution in [2.75, 3.05) is 13.1 Å². The molecule has 0 spiro atoms. The van der Waals surface area contributed by atoms with Crippen LogP contribution < -0.4 is 11.1 Å². The van der Waals surface area contributed by atoms with E-state index in [1.54, 1.807) is 0 Å². The lowest BCUT2D eigenvalue weighted by Crippen LogP contribution is -2.42. The molecule has 0 aliphatic heterocycles. The molecule has 0 aromatic carbocycles. The predicted molar refractivity (Wildman–Crippen MR) is 57.7 cm³/mol. The largest absolute Gasteiger partial charge is 0.330 e. The van der Waals surface area contributed by atoms with Gasteiger partial charge in [-0.3, -0.25) is 0 Å². The second kappa shape index (κ2) is 6.39. The average molecular weight is 184 g/mol.